The van der Waals surface area contributed by atoms with E-state index in [0.29, 0.717) is 42.9 Å². The minimum absolute atomic E-state index is 0.262. The minimum Gasteiger partial charge on any atom is -0.394 e. The molecule has 230 valence electrons. The molecule has 9 heteroatoms. The van der Waals surface area contributed by atoms with Gasteiger partial charge in [0.2, 0.25) is 17.7 Å². The summed E-state index contributed by atoms with van der Waals surface area (Å²) in [6.07, 6.45) is 1.85. The lowest BCUT2D eigenvalue weighted by atomic mass is 9.65. The van der Waals surface area contributed by atoms with Crippen molar-refractivity contribution in [1.82, 2.24) is 10.2 Å². The largest absolute Gasteiger partial charge is 0.394 e. The number of likely N-dealkylation sites (tertiary alicyclic amines) is 1. The molecule has 0 aromatic heterocycles. The molecule has 44 heavy (non-hydrogen) atoms. The molecule has 1 spiro atoms. The predicted molar refractivity (Wildman–Crippen MR) is 168 cm³/mol. The fourth-order valence-corrected chi connectivity index (χ4v) is 8.03. The van der Waals surface area contributed by atoms with Gasteiger partial charge in [0, 0.05) is 6.54 Å². The fourth-order valence-electron chi connectivity index (χ4n) is 7.76. The SMILES string of the molecule is CC[C@]12CCC3(O1)C(C(=O)Nc1c(C)cccc1Cl)N([C@@H](CO)Cc1ccccc1)C(=O)[C@@H]3[C@H]2C(=O)NCc1ccccc1. The van der Waals surface area contributed by atoms with Gasteiger partial charge in [0.15, 0.2) is 0 Å². The number of nitrogens with one attached hydrogen (secondary N) is 2. The number of halogens is 1. The molecule has 6 atom stereocenters. The van der Waals surface area contributed by atoms with E-state index in [1.807, 2.05) is 80.6 Å². The number of anilines is 1. The topological polar surface area (TPSA) is 108 Å². The van der Waals surface area contributed by atoms with Gasteiger partial charge in [-0.3, -0.25) is 14.4 Å². The monoisotopic (exact) mass is 615 g/mol. The average molecular weight is 616 g/mol. The first kappa shape index (κ1) is 30.3. The van der Waals surface area contributed by atoms with Crippen molar-refractivity contribution in [3.05, 3.63) is 101 Å². The van der Waals surface area contributed by atoms with Crippen LogP contribution in [0.3, 0.4) is 0 Å². The molecule has 0 radical (unpaired) electrons. The molecule has 3 aromatic carbocycles. The summed E-state index contributed by atoms with van der Waals surface area (Å²) in [7, 11) is 0. The zero-order valence-corrected chi connectivity index (χ0v) is 25.7. The van der Waals surface area contributed by atoms with E-state index in [-0.39, 0.29) is 18.4 Å². The van der Waals surface area contributed by atoms with Gasteiger partial charge in [0.1, 0.15) is 11.6 Å². The van der Waals surface area contributed by atoms with Gasteiger partial charge in [0.05, 0.1) is 40.8 Å². The van der Waals surface area contributed by atoms with Gasteiger partial charge in [-0.1, -0.05) is 91.3 Å². The van der Waals surface area contributed by atoms with Crippen molar-refractivity contribution in [2.75, 3.05) is 11.9 Å². The van der Waals surface area contributed by atoms with Gasteiger partial charge in [-0.2, -0.15) is 0 Å². The Morgan fingerprint density at radius 3 is 2.32 bits per heavy atom. The third-order valence-corrected chi connectivity index (χ3v) is 10.2. The number of amides is 3. The van der Waals surface area contributed by atoms with Crippen molar-refractivity contribution in [2.24, 2.45) is 11.8 Å². The molecule has 3 heterocycles. The highest BCUT2D eigenvalue weighted by Crippen LogP contribution is 2.64. The Labute approximate surface area is 262 Å². The Morgan fingerprint density at radius 2 is 1.68 bits per heavy atom. The van der Waals surface area contributed by atoms with E-state index in [4.69, 9.17) is 16.3 Å². The number of nitrogens with zero attached hydrogens (tertiary/aromatic N) is 1. The van der Waals surface area contributed by atoms with E-state index in [9.17, 15) is 19.5 Å². The lowest BCUT2D eigenvalue weighted by Crippen LogP contribution is -2.57. The van der Waals surface area contributed by atoms with E-state index in [1.165, 1.54) is 4.90 Å². The van der Waals surface area contributed by atoms with Crippen molar-refractivity contribution < 1.29 is 24.2 Å². The molecular weight excluding hydrogens is 578 g/mol. The van der Waals surface area contributed by atoms with Crippen molar-refractivity contribution in [2.45, 2.75) is 69.4 Å². The molecule has 3 amide bonds. The van der Waals surface area contributed by atoms with Gasteiger partial charge in [-0.05, 0) is 55.4 Å². The molecule has 3 aromatic rings. The van der Waals surface area contributed by atoms with E-state index in [0.717, 1.165) is 16.7 Å². The smallest absolute Gasteiger partial charge is 0.250 e. The summed E-state index contributed by atoms with van der Waals surface area (Å²) in [5, 5.41) is 17.1. The molecule has 3 aliphatic heterocycles. The van der Waals surface area contributed by atoms with Gasteiger partial charge >= 0.3 is 0 Å². The van der Waals surface area contributed by atoms with Crippen LogP contribution in [0.4, 0.5) is 5.69 Å². The number of benzene rings is 3. The number of carbonyl (C=O) groups excluding carboxylic acids is 3. The first-order chi connectivity index (χ1) is 21.2. The summed E-state index contributed by atoms with van der Waals surface area (Å²) >= 11 is 6.51. The van der Waals surface area contributed by atoms with Crippen LogP contribution in [-0.2, 0) is 32.1 Å². The molecule has 8 nitrogen and oxygen atoms in total. The number of ether oxygens (including phenoxy) is 1. The lowest BCUT2D eigenvalue weighted by Gasteiger charge is -2.37. The van der Waals surface area contributed by atoms with Gasteiger partial charge < -0.3 is 25.4 Å². The summed E-state index contributed by atoms with van der Waals surface area (Å²) in [4.78, 5) is 44.6. The van der Waals surface area contributed by atoms with Gasteiger partial charge in [-0.15, -0.1) is 0 Å². The minimum atomic E-state index is -1.23. The first-order valence-electron chi connectivity index (χ1n) is 15.3. The second-order valence-electron chi connectivity index (χ2n) is 12.2. The van der Waals surface area contributed by atoms with Crippen molar-refractivity contribution in [3.8, 4) is 0 Å². The quantitative estimate of drug-likeness (QED) is 0.307. The van der Waals surface area contributed by atoms with E-state index in [2.05, 4.69) is 10.6 Å². The van der Waals surface area contributed by atoms with Gasteiger partial charge in [0.25, 0.3) is 0 Å². The second-order valence-corrected chi connectivity index (χ2v) is 12.6. The average Bonchev–Trinajstić information content (AvgIpc) is 3.65. The molecular formula is C35H38ClN3O5. The molecule has 0 aliphatic carbocycles. The molecule has 3 aliphatic rings. The third kappa shape index (κ3) is 4.99. The summed E-state index contributed by atoms with van der Waals surface area (Å²) in [6, 6.07) is 22.7. The van der Waals surface area contributed by atoms with Crippen LogP contribution in [0.2, 0.25) is 5.02 Å². The Kier molecular flexibility index (Phi) is 8.26. The maximum absolute atomic E-state index is 14.7. The van der Waals surface area contributed by atoms with Crippen molar-refractivity contribution in [1.29, 1.82) is 0 Å². The number of carbonyl (C=O) groups is 3. The maximum Gasteiger partial charge on any atom is 0.250 e. The van der Waals surface area contributed by atoms with E-state index in [1.54, 1.807) is 12.1 Å². The summed E-state index contributed by atoms with van der Waals surface area (Å²) in [5.41, 5.74) is 0.997. The van der Waals surface area contributed by atoms with Crippen LogP contribution < -0.4 is 10.6 Å². The predicted octanol–water partition coefficient (Wildman–Crippen LogP) is 4.66. The van der Waals surface area contributed by atoms with E-state index >= 15 is 0 Å². The van der Waals surface area contributed by atoms with Crippen LogP contribution in [0.25, 0.3) is 0 Å². The van der Waals surface area contributed by atoms with Crippen molar-refractivity contribution >= 4 is 35.0 Å². The van der Waals surface area contributed by atoms with Crippen molar-refractivity contribution in [3.63, 3.8) is 0 Å². The zero-order chi connectivity index (χ0) is 31.1. The van der Waals surface area contributed by atoms with Crippen LogP contribution in [0.15, 0.2) is 78.9 Å². The molecule has 3 N–H and O–H groups in total. The van der Waals surface area contributed by atoms with Crippen LogP contribution in [0, 0.1) is 18.8 Å². The molecule has 2 unspecified atom stereocenters. The number of hydrogen-bond donors (Lipinski definition) is 3. The van der Waals surface area contributed by atoms with Gasteiger partial charge in [-0.25, -0.2) is 0 Å². The number of aliphatic hydroxyl groups excluding tert-OH is 1. The van der Waals surface area contributed by atoms with Crippen LogP contribution in [0.5, 0.6) is 0 Å². The maximum atomic E-state index is 14.7. The fraction of sp³-hybridized carbons (Fsp3) is 0.400. The number of rotatable bonds is 10. The highest BCUT2D eigenvalue weighted by molar-refractivity contribution is 6.34. The number of aliphatic hydroxyl groups is 1. The van der Waals surface area contributed by atoms with Crippen LogP contribution in [-0.4, -0.2) is 57.6 Å². The lowest BCUT2D eigenvalue weighted by molar-refractivity contribution is -0.149. The van der Waals surface area contributed by atoms with Crippen LogP contribution in [0.1, 0.15) is 42.9 Å². The Balaban J connectivity index is 1.40. The Bertz CT molecular complexity index is 1530. The third-order valence-electron chi connectivity index (χ3n) is 9.85. The number of fused-ring (bicyclic) bond motifs is 1. The molecule has 3 saturated heterocycles. The normalized spacial score (nSPS) is 27.7. The highest BCUT2D eigenvalue weighted by Gasteiger charge is 2.79. The summed E-state index contributed by atoms with van der Waals surface area (Å²) in [6.45, 7) is 3.77. The molecule has 6 rings (SSSR count). The number of hydrogen-bond acceptors (Lipinski definition) is 5. The first-order valence-corrected chi connectivity index (χ1v) is 15.7. The molecule has 0 saturated carbocycles. The highest BCUT2D eigenvalue weighted by atomic mass is 35.5. The summed E-state index contributed by atoms with van der Waals surface area (Å²) in [5.74, 6) is -2.70. The standard InChI is InChI=1S/C35H38ClN3O5/c1-3-34-17-18-35(44-34)28(27(34)31(41)37-20-24-14-8-5-9-15-24)33(43)39(25(21-40)19-23-12-6-4-7-13-23)30(35)32(42)38-29-22(2)11-10-16-26(29)36/h4-16,25,27-28,30,40H,3,17-21H2,1-2H3,(H,37,41)(H,38,42)/t25-,27+,28+,30?,34-,35?/m1/s1. The van der Waals surface area contributed by atoms with E-state index < -0.39 is 41.0 Å². The Morgan fingerprint density at radius 1 is 1.00 bits per heavy atom. The number of para-hydroxylation sites is 1. The van der Waals surface area contributed by atoms with Crippen LogP contribution >= 0.6 is 11.6 Å². The second kappa shape index (κ2) is 12.0. The molecule has 3 fully saturated rings. The number of aryl methyl sites for hydroxylation is 1. The summed E-state index contributed by atoms with van der Waals surface area (Å²) < 4.78 is 6.89. The zero-order valence-electron chi connectivity index (χ0n) is 25.0. The Hall–Kier alpha value is -3.72. The molecule has 2 bridgehead atoms.